The molecule has 33 heavy (non-hydrogen) atoms. The van der Waals surface area contributed by atoms with Crippen LogP contribution in [0.15, 0.2) is 103 Å². The highest BCUT2D eigenvalue weighted by Crippen LogP contribution is 2.45. The van der Waals surface area contributed by atoms with E-state index in [2.05, 4.69) is 132 Å². The average Bonchev–Trinajstić information content (AvgIpc) is 3.24. The zero-order valence-electron chi connectivity index (χ0n) is 19.1. The number of para-hydroxylation sites is 4. The molecule has 0 fully saturated rings. The molecule has 0 saturated heterocycles. The third kappa shape index (κ3) is 2.94. The Bertz CT molecular complexity index is 1410. The van der Waals surface area contributed by atoms with Gasteiger partial charge in [-0.25, -0.2) is 4.98 Å². The third-order valence-electron chi connectivity index (χ3n) is 6.85. The van der Waals surface area contributed by atoms with E-state index in [4.69, 9.17) is 4.98 Å². The second-order valence-electron chi connectivity index (χ2n) is 9.06. The van der Waals surface area contributed by atoms with Crippen molar-refractivity contribution in [1.82, 2.24) is 9.55 Å². The minimum absolute atomic E-state index is 0.220. The molecule has 1 aromatic heterocycles. The number of benzene rings is 4. The molecule has 1 aliphatic heterocycles. The maximum Gasteiger partial charge on any atom is 0.211 e. The monoisotopic (exact) mass is 430 g/mol. The number of aromatic nitrogens is 2. The third-order valence-corrected chi connectivity index (χ3v) is 6.85. The number of fused-ring (bicyclic) bond motifs is 5. The summed E-state index contributed by atoms with van der Waals surface area (Å²) in [7, 11) is 2.14. The molecule has 0 aliphatic carbocycles. The topological polar surface area (TPSA) is 24.3 Å². The molecule has 4 aromatic carbocycles. The zero-order valence-corrected chi connectivity index (χ0v) is 19.1. The molecule has 1 aliphatic rings. The molecule has 2 heterocycles. The van der Waals surface area contributed by atoms with Crippen LogP contribution in [0.1, 0.15) is 19.4 Å². The predicted molar refractivity (Wildman–Crippen MR) is 137 cm³/mol. The Balaban J connectivity index is 1.60. The van der Waals surface area contributed by atoms with Gasteiger partial charge < -0.3 is 9.80 Å². The fourth-order valence-corrected chi connectivity index (χ4v) is 4.86. The summed E-state index contributed by atoms with van der Waals surface area (Å²) in [5.41, 5.74) is 7.80. The number of hydrogen-bond acceptors (Lipinski definition) is 3. The van der Waals surface area contributed by atoms with Crippen molar-refractivity contribution in [1.29, 1.82) is 0 Å². The van der Waals surface area contributed by atoms with Gasteiger partial charge in [0.05, 0.1) is 22.3 Å². The second kappa shape index (κ2) is 7.24. The lowest BCUT2D eigenvalue weighted by Crippen LogP contribution is -2.44. The van der Waals surface area contributed by atoms with Crippen LogP contribution >= 0.6 is 0 Å². The summed E-state index contributed by atoms with van der Waals surface area (Å²) in [4.78, 5) is 9.56. The lowest BCUT2D eigenvalue weighted by atomic mass is 9.88. The number of anilines is 4. The standard InChI is InChI=1S/C29H26N4/c1-29(2)24-20-23(32(21-12-6-4-7-13-21)22-14-8-5-9-15-22)18-19-26(24)33-27-17-11-10-16-25(27)30-28(33)31(29)3/h4-20H,1-3H3. The van der Waals surface area contributed by atoms with Gasteiger partial charge in [0.2, 0.25) is 5.95 Å². The Labute approximate surface area is 194 Å². The van der Waals surface area contributed by atoms with Gasteiger partial charge in [0.25, 0.3) is 0 Å². The first-order chi connectivity index (χ1) is 16.1. The zero-order chi connectivity index (χ0) is 22.6. The molecule has 6 rings (SSSR count). The van der Waals surface area contributed by atoms with Crippen LogP contribution < -0.4 is 9.80 Å². The molecule has 0 radical (unpaired) electrons. The summed E-state index contributed by atoms with van der Waals surface area (Å²) < 4.78 is 2.29. The maximum absolute atomic E-state index is 4.96. The molecule has 0 atom stereocenters. The molecule has 162 valence electrons. The van der Waals surface area contributed by atoms with Gasteiger partial charge in [-0.2, -0.15) is 0 Å². The van der Waals surface area contributed by atoms with Crippen LogP contribution in [-0.2, 0) is 5.54 Å². The van der Waals surface area contributed by atoms with Crippen LogP contribution in [0, 0.1) is 0 Å². The quantitative estimate of drug-likeness (QED) is 0.303. The summed E-state index contributed by atoms with van der Waals surface area (Å²) in [6, 6.07) is 36.3. The molecular formula is C29H26N4. The van der Waals surface area contributed by atoms with Crippen molar-refractivity contribution in [3.05, 3.63) is 109 Å². The first-order valence-corrected chi connectivity index (χ1v) is 11.3. The van der Waals surface area contributed by atoms with E-state index in [-0.39, 0.29) is 5.54 Å². The Hall–Kier alpha value is -4.05. The van der Waals surface area contributed by atoms with E-state index < -0.39 is 0 Å². The van der Waals surface area contributed by atoms with Crippen molar-refractivity contribution in [2.75, 3.05) is 16.8 Å². The molecule has 4 nitrogen and oxygen atoms in total. The average molecular weight is 431 g/mol. The van der Waals surface area contributed by atoms with Gasteiger partial charge in [-0.15, -0.1) is 0 Å². The Morgan fingerprint density at radius 1 is 0.697 bits per heavy atom. The number of imidazole rings is 1. The Morgan fingerprint density at radius 3 is 1.97 bits per heavy atom. The summed E-state index contributed by atoms with van der Waals surface area (Å²) in [5, 5.41) is 0. The smallest absolute Gasteiger partial charge is 0.211 e. The van der Waals surface area contributed by atoms with Gasteiger partial charge in [-0.05, 0) is 68.4 Å². The number of hydrogen-bond donors (Lipinski definition) is 0. The highest BCUT2D eigenvalue weighted by atomic mass is 15.4. The first-order valence-electron chi connectivity index (χ1n) is 11.3. The summed E-state index contributed by atoms with van der Waals surface area (Å²) in [6.07, 6.45) is 0. The highest BCUT2D eigenvalue weighted by Gasteiger charge is 2.38. The minimum Gasteiger partial charge on any atom is -0.336 e. The summed E-state index contributed by atoms with van der Waals surface area (Å²) in [5.74, 6) is 0.976. The fraction of sp³-hybridized carbons (Fsp3) is 0.138. The van der Waals surface area contributed by atoms with Gasteiger partial charge in [-0.1, -0.05) is 48.5 Å². The first kappa shape index (κ1) is 19.6. The molecule has 0 unspecified atom stereocenters. The normalized spacial score (nSPS) is 14.1. The Morgan fingerprint density at radius 2 is 1.30 bits per heavy atom. The molecular weight excluding hydrogens is 404 g/mol. The van der Waals surface area contributed by atoms with Crippen molar-refractivity contribution in [3.63, 3.8) is 0 Å². The van der Waals surface area contributed by atoms with Crippen molar-refractivity contribution >= 4 is 34.0 Å². The van der Waals surface area contributed by atoms with E-state index in [1.54, 1.807) is 0 Å². The second-order valence-corrected chi connectivity index (χ2v) is 9.06. The maximum atomic E-state index is 4.96. The molecule has 0 spiro atoms. The van der Waals surface area contributed by atoms with Crippen LogP contribution in [0.3, 0.4) is 0 Å². The van der Waals surface area contributed by atoms with E-state index >= 15 is 0 Å². The molecule has 0 amide bonds. The summed E-state index contributed by atoms with van der Waals surface area (Å²) in [6.45, 7) is 4.54. The molecule has 0 saturated carbocycles. The molecule has 0 N–H and O–H groups in total. The lowest BCUT2D eigenvalue weighted by Gasteiger charge is -2.43. The van der Waals surface area contributed by atoms with E-state index in [9.17, 15) is 0 Å². The van der Waals surface area contributed by atoms with Crippen molar-refractivity contribution < 1.29 is 0 Å². The van der Waals surface area contributed by atoms with Gasteiger partial charge >= 0.3 is 0 Å². The Kier molecular flexibility index (Phi) is 4.31. The fourth-order valence-electron chi connectivity index (χ4n) is 4.86. The molecule has 4 heteroatoms. The van der Waals surface area contributed by atoms with Gasteiger partial charge in [0.1, 0.15) is 0 Å². The minimum atomic E-state index is -0.220. The van der Waals surface area contributed by atoms with Crippen LogP contribution in [0.5, 0.6) is 0 Å². The van der Waals surface area contributed by atoms with Crippen molar-refractivity contribution in [2.45, 2.75) is 19.4 Å². The van der Waals surface area contributed by atoms with Crippen LogP contribution in [0.2, 0.25) is 0 Å². The van der Waals surface area contributed by atoms with Gasteiger partial charge in [-0.3, -0.25) is 4.57 Å². The van der Waals surface area contributed by atoms with Crippen LogP contribution in [0.4, 0.5) is 23.0 Å². The largest absolute Gasteiger partial charge is 0.336 e. The van der Waals surface area contributed by atoms with E-state index in [1.807, 2.05) is 6.07 Å². The highest BCUT2D eigenvalue weighted by molar-refractivity contribution is 5.85. The van der Waals surface area contributed by atoms with E-state index in [0.717, 1.165) is 34.0 Å². The van der Waals surface area contributed by atoms with Gasteiger partial charge in [0, 0.05) is 29.7 Å². The van der Waals surface area contributed by atoms with Crippen molar-refractivity contribution in [2.24, 2.45) is 0 Å². The SMILES string of the molecule is CN1c2nc3ccccc3n2-c2ccc(N(c3ccccc3)c3ccccc3)cc2C1(C)C. The number of nitrogens with zero attached hydrogens (tertiary/aromatic N) is 4. The van der Waals surface area contributed by atoms with E-state index in [1.165, 1.54) is 11.3 Å². The van der Waals surface area contributed by atoms with Crippen LogP contribution in [-0.4, -0.2) is 16.6 Å². The predicted octanol–water partition coefficient (Wildman–Crippen LogP) is 7.18. The van der Waals surface area contributed by atoms with Crippen molar-refractivity contribution in [3.8, 4) is 5.69 Å². The molecule has 0 bridgehead atoms. The molecule has 5 aromatic rings. The summed E-state index contributed by atoms with van der Waals surface area (Å²) >= 11 is 0. The van der Waals surface area contributed by atoms with Gasteiger partial charge in [0.15, 0.2) is 0 Å². The van der Waals surface area contributed by atoms with E-state index in [0.29, 0.717) is 0 Å². The lowest BCUT2D eigenvalue weighted by molar-refractivity contribution is 0.487. The van der Waals surface area contributed by atoms with Crippen LogP contribution in [0.25, 0.3) is 16.7 Å². The number of rotatable bonds is 3.